The van der Waals surface area contributed by atoms with Crippen molar-refractivity contribution in [2.45, 2.75) is 45.2 Å². The van der Waals surface area contributed by atoms with Gasteiger partial charge in [0.15, 0.2) is 11.5 Å². The third-order valence-corrected chi connectivity index (χ3v) is 3.19. The van der Waals surface area contributed by atoms with E-state index in [4.69, 9.17) is 9.47 Å². The summed E-state index contributed by atoms with van der Waals surface area (Å²) in [4.78, 5) is 0. The van der Waals surface area contributed by atoms with Gasteiger partial charge >= 0.3 is 0 Å². The van der Waals surface area contributed by atoms with Crippen molar-refractivity contribution >= 4 is 0 Å². The number of methoxy groups -OCH3 is 1. The van der Waals surface area contributed by atoms with Gasteiger partial charge < -0.3 is 19.9 Å². The Morgan fingerprint density at radius 3 is 2.45 bits per heavy atom. The molecule has 0 aliphatic carbocycles. The summed E-state index contributed by atoms with van der Waals surface area (Å²) in [5, 5.41) is 12.9. The molecule has 0 bridgehead atoms. The second-order valence-corrected chi connectivity index (χ2v) is 5.62. The second-order valence-electron chi connectivity index (χ2n) is 5.62. The molecule has 1 rings (SSSR count). The molecule has 4 heteroatoms. The van der Waals surface area contributed by atoms with Crippen molar-refractivity contribution in [3.8, 4) is 11.5 Å². The second kappa shape index (κ2) is 8.12. The van der Waals surface area contributed by atoms with Crippen molar-refractivity contribution in [2.75, 3.05) is 20.3 Å². The van der Waals surface area contributed by atoms with Gasteiger partial charge in [-0.15, -0.1) is 0 Å². The smallest absolute Gasteiger partial charge is 0.161 e. The lowest BCUT2D eigenvalue weighted by Gasteiger charge is -2.31. The van der Waals surface area contributed by atoms with Gasteiger partial charge in [0.1, 0.15) is 0 Å². The monoisotopic (exact) mass is 281 g/mol. The predicted octanol–water partition coefficient (Wildman–Crippen LogP) is 2.60. The molecule has 1 atom stereocenters. The molecule has 0 fully saturated rings. The Labute approximate surface area is 122 Å². The van der Waals surface area contributed by atoms with E-state index in [1.165, 1.54) is 0 Å². The third kappa shape index (κ3) is 5.39. The first-order chi connectivity index (χ1) is 9.50. The molecule has 1 unspecified atom stereocenters. The van der Waals surface area contributed by atoms with Gasteiger partial charge in [0.2, 0.25) is 0 Å². The maximum absolute atomic E-state index is 9.51. The molecule has 0 spiro atoms. The summed E-state index contributed by atoms with van der Waals surface area (Å²) in [6, 6.07) is 7.98. The van der Waals surface area contributed by atoms with E-state index in [1.54, 1.807) is 7.11 Å². The maximum Gasteiger partial charge on any atom is 0.161 e. The van der Waals surface area contributed by atoms with Gasteiger partial charge in [-0.25, -0.2) is 0 Å². The fourth-order valence-electron chi connectivity index (χ4n) is 2.28. The van der Waals surface area contributed by atoms with Crippen molar-refractivity contribution in [3.63, 3.8) is 0 Å². The first-order valence-corrected chi connectivity index (χ1v) is 7.15. The number of ether oxygens (including phenoxy) is 2. The Hall–Kier alpha value is -1.26. The molecule has 0 aromatic heterocycles. The molecule has 0 saturated carbocycles. The van der Waals surface area contributed by atoms with Gasteiger partial charge in [-0.05, 0) is 31.9 Å². The Bertz CT molecular complexity index is 395. The zero-order chi connectivity index (χ0) is 15.0. The molecule has 114 valence electrons. The van der Waals surface area contributed by atoms with Crippen molar-refractivity contribution < 1.29 is 14.6 Å². The van der Waals surface area contributed by atoms with Gasteiger partial charge in [0.05, 0.1) is 20.3 Å². The van der Waals surface area contributed by atoms with E-state index < -0.39 is 0 Å². The van der Waals surface area contributed by atoms with Gasteiger partial charge in [0, 0.05) is 11.6 Å². The van der Waals surface area contributed by atoms with Crippen molar-refractivity contribution in [1.29, 1.82) is 0 Å². The molecule has 20 heavy (non-hydrogen) atoms. The van der Waals surface area contributed by atoms with Crippen LogP contribution in [0.5, 0.6) is 11.5 Å². The van der Waals surface area contributed by atoms with Crippen LogP contribution in [0.25, 0.3) is 0 Å². The number of hydrogen-bond acceptors (Lipinski definition) is 4. The third-order valence-electron chi connectivity index (χ3n) is 3.19. The Kier molecular flexibility index (Phi) is 6.82. The summed E-state index contributed by atoms with van der Waals surface area (Å²) in [6.45, 7) is 6.93. The lowest BCUT2D eigenvalue weighted by atomic mass is 9.96. The van der Waals surface area contributed by atoms with Gasteiger partial charge in [-0.1, -0.05) is 26.0 Å². The first kappa shape index (κ1) is 16.8. The maximum atomic E-state index is 9.51. The average molecular weight is 281 g/mol. The highest BCUT2D eigenvalue weighted by Gasteiger charge is 2.23. The van der Waals surface area contributed by atoms with Gasteiger partial charge in [-0.2, -0.15) is 0 Å². The van der Waals surface area contributed by atoms with E-state index >= 15 is 0 Å². The fourth-order valence-corrected chi connectivity index (χ4v) is 2.28. The zero-order valence-corrected chi connectivity index (χ0v) is 13.0. The van der Waals surface area contributed by atoms with Crippen LogP contribution >= 0.6 is 0 Å². The van der Waals surface area contributed by atoms with Crippen molar-refractivity contribution in [2.24, 2.45) is 0 Å². The molecular formula is C16H27NO3. The Balaban J connectivity index is 2.40. The van der Waals surface area contributed by atoms with E-state index in [1.807, 2.05) is 31.2 Å². The van der Waals surface area contributed by atoms with Crippen LogP contribution in [-0.2, 0) is 0 Å². The van der Waals surface area contributed by atoms with Crippen molar-refractivity contribution in [1.82, 2.24) is 5.32 Å². The number of para-hydroxylation sites is 2. The molecule has 0 radical (unpaired) electrons. The van der Waals surface area contributed by atoms with Crippen LogP contribution in [0.4, 0.5) is 0 Å². The predicted molar refractivity (Wildman–Crippen MR) is 81.5 cm³/mol. The SMILES string of the molecule is COc1ccccc1OCCCC(C)(CO)NC(C)C. The highest BCUT2D eigenvalue weighted by atomic mass is 16.5. The lowest BCUT2D eigenvalue weighted by Crippen LogP contribution is -2.49. The van der Waals surface area contributed by atoms with Gasteiger partial charge in [0.25, 0.3) is 0 Å². The highest BCUT2D eigenvalue weighted by molar-refractivity contribution is 5.39. The van der Waals surface area contributed by atoms with Crippen LogP contribution in [0.1, 0.15) is 33.6 Å². The number of aliphatic hydroxyl groups excluding tert-OH is 1. The molecule has 4 nitrogen and oxygen atoms in total. The highest BCUT2D eigenvalue weighted by Crippen LogP contribution is 2.26. The normalized spacial score (nSPS) is 14.1. The molecule has 0 aliphatic heterocycles. The number of hydrogen-bond donors (Lipinski definition) is 2. The molecule has 0 heterocycles. The number of rotatable bonds is 9. The number of benzene rings is 1. The largest absolute Gasteiger partial charge is 0.493 e. The van der Waals surface area contributed by atoms with E-state index in [2.05, 4.69) is 19.2 Å². The summed E-state index contributed by atoms with van der Waals surface area (Å²) in [7, 11) is 1.64. The van der Waals surface area contributed by atoms with Crippen LogP contribution < -0.4 is 14.8 Å². The van der Waals surface area contributed by atoms with Gasteiger partial charge in [-0.3, -0.25) is 0 Å². The molecule has 0 saturated heterocycles. The van der Waals surface area contributed by atoms with Crippen LogP contribution in [-0.4, -0.2) is 37.0 Å². The summed E-state index contributed by atoms with van der Waals surface area (Å²) in [5.74, 6) is 1.51. The minimum Gasteiger partial charge on any atom is -0.493 e. The van der Waals surface area contributed by atoms with E-state index in [0.717, 1.165) is 24.3 Å². The number of aliphatic hydroxyl groups is 1. The van der Waals surface area contributed by atoms with Crippen LogP contribution in [0, 0.1) is 0 Å². The fraction of sp³-hybridized carbons (Fsp3) is 0.625. The minimum atomic E-state index is -0.252. The summed E-state index contributed by atoms with van der Waals surface area (Å²) >= 11 is 0. The van der Waals surface area contributed by atoms with Crippen LogP contribution in [0.2, 0.25) is 0 Å². The van der Waals surface area contributed by atoms with E-state index in [-0.39, 0.29) is 12.1 Å². The number of nitrogens with one attached hydrogen (secondary N) is 1. The first-order valence-electron chi connectivity index (χ1n) is 7.15. The quantitative estimate of drug-likeness (QED) is 0.683. The Morgan fingerprint density at radius 2 is 1.90 bits per heavy atom. The minimum absolute atomic E-state index is 0.125. The molecule has 0 amide bonds. The molecule has 1 aromatic carbocycles. The summed E-state index contributed by atoms with van der Waals surface area (Å²) < 4.78 is 11.0. The molecule has 1 aromatic rings. The molecule has 0 aliphatic rings. The Morgan fingerprint density at radius 1 is 1.25 bits per heavy atom. The summed E-state index contributed by atoms with van der Waals surface area (Å²) in [6.07, 6.45) is 1.73. The van der Waals surface area contributed by atoms with E-state index in [9.17, 15) is 5.11 Å². The van der Waals surface area contributed by atoms with Crippen molar-refractivity contribution in [3.05, 3.63) is 24.3 Å². The average Bonchev–Trinajstić information content (AvgIpc) is 2.43. The zero-order valence-electron chi connectivity index (χ0n) is 13.0. The standard InChI is InChI=1S/C16H27NO3/c1-13(2)17-16(3,12-18)10-7-11-20-15-9-6-5-8-14(15)19-4/h5-6,8-9,13,17-18H,7,10-12H2,1-4H3. The lowest BCUT2D eigenvalue weighted by molar-refractivity contribution is 0.147. The van der Waals surface area contributed by atoms with E-state index in [0.29, 0.717) is 12.6 Å². The molecular weight excluding hydrogens is 254 g/mol. The van der Waals surface area contributed by atoms with Crippen LogP contribution in [0.3, 0.4) is 0 Å². The summed E-state index contributed by atoms with van der Waals surface area (Å²) in [5.41, 5.74) is -0.252. The van der Waals surface area contributed by atoms with Crippen LogP contribution in [0.15, 0.2) is 24.3 Å². The topological polar surface area (TPSA) is 50.7 Å². The molecule has 2 N–H and O–H groups in total.